The second-order valence-electron chi connectivity index (χ2n) is 5.69. The van der Waals surface area contributed by atoms with Gasteiger partial charge < -0.3 is 10.2 Å². The topological polar surface area (TPSA) is 52.0 Å². The first-order valence-corrected chi connectivity index (χ1v) is 8.76. The zero-order chi connectivity index (χ0) is 14.4. The molecule has 2 aromatic heterocycles. The van der Waals surface area contributed by atoms with Gasteiger partial charge in [-0.2, -0.15) is 0 Å². The zero-order valence-corrected chi connectivity index (χ0v) is 13.8. The minimum atomic E-state index is -0.224. The van der Waals surface area contributed by atoms with E-state index in [0.717, 1.165) is 44.7 Å². The summed E-state index contributed by atoms with van der Waals surface area (Å²) in [6.07, 6.45) is 4.47. The van der Waals surface area contributed by atoms with Crippen LogP contribution in [0.3, 0.4) is 0 Å². The number of aromatic nitrogens is 1. The molecule has 1 aromatic carbocycles. The average molecular weight is 363 g/mol. The van der Waals surface area contributed by atoms with Crippen LogP contribution < -0.4 is 5.73 Å². The summed E-state index contributed by atoms with van der Waals surface area (Å²) in [5.74, 6) is 0.812. The van der Waals surface area contributed by atoms with Crippen molar-refractivity contribution in [1.29, 1.82) is 0 Å². The fourth-order valence-electron chi connectivity index (χ4n) is 2.98. The number of furan rings is 1. The maximum Gasteiger partial charge on any atom is 0.154 e. The molecule has 5 heteroatoms. The van der Waals surface area contributed by atoms with E-state index in [4.69, 9.17) is 15.1 Å². The fourth-order valence-corrected chi connectivity index (χ4v) is 4.34. The van der Waals surface area contributed by atoms with E-state index in [1.807, 2.05) is 18.2 Å². The van der Waals surface area contributed by atoms with Crippen LogP contribution in [0.25, 0.3) is 22.4 Å². The van der Waals surface area contributed by atoms with Crippen LogP contribution in [0.15, 0.2) is 38.5 Å². The largest absolute Gasteiger partial charge is 0.454 e. The van der Waals surface area contributed by atoms with Crippen molar-refractivity contribution < 1.29 is 4.42 Å². The number of nitrogens with zero attached hydrogens (tertiary/aromatic N) is 1. The number of nitrogens with two attached hydrogens (primary N) is 1. The Kier molecular flexibility index (Phi) is 3.17. The predicted octanol–water partition coefficient (Wildman–Crippen LogP) is 5.05. The van der Waals surface area contributed by atoms with E-state index < -0.39 is 0 Å². The quantitative estimate of drug-likeness (QED) is 0.693. The molecule has 3 nitrogen and oxygen atoms in total. The van der Waals surface area contributed by atoms with Gasteiger partial charge in [-0.1, -0.05) is 28.8 Å². The maximum absolute atomic E-state index is 6.48. The van der Waals surface area contributed by atoms with Gasteiger partial charge in [0.1, 0.15) is 16.3 Å². The molecule has 1 fully saturated rings. The summed E-state index contributed by atoms with van der Waals surface area (Å²) >= 11 is 5.13. The van der Waals surface area contributed by atoms with Crippen molar-refractivity contribution in [2.24, 2.45) is 5.73 Å². The molecule has 108 valence electrons. The second-order valence-corrected chi connectivity index (χ2v) is 7.47. The third kappa shape index (κ3) is 2.33. The summed E-state index contributed by atoms with van der Waals surface area (Å²) < 4.78 is 6.95. The van der Waals surface area contributed by atoms with Gasteiger partial charge in [-0.3, -0.25) is 0 Å². The number of hydrogen-bond acceptors (Lipinski definition) is 4. The van der Waals surface area contributed by atoms with Gasteiger partial charge in [0.25, 0.3) is 0 Å². The van der Waals surface area contributed by atoms with Gasteiger partial charge >= 0.3 is 0 Å². The number of thiazole rings is 1. The van der Waals surface area contributed by atoms with Crippen molar-refractivity contribution in [3.8, 4) is 11.5 Å². The standard InChI is InChI=1S/C16H15BrN2OS/c17-11-3-4-13-10(7-11)8-14(20-13)12-9-21-15(19-12)16(18)5-1-2-6-16/h3-4,7-9H,1-2,5-6,18H2. The number of rotatable bonds is 2. The van der Waals surface area contributed by atoms with E-state index in [1.54, 1.807) is 11.3 Å². The highest BCUT2D eigenvalue weighted by molar-refractivity contribution is 9.10. The Balaban J connectivity index is 1.73. The molecular formula is C16H15BrN2OS. The molecule has 2 N–H and O–H groups in total. The first-order chi connectivity index (χ1) is 10.1. The number of benzene rings is 1. The summed E-state index contributed by atoms with van der Waals surface area (Å²) in [5.41, 5.74) is 8.02. The van der Waals surface area contributed by atoms with Crippen LogP contribution in [-0.2, 0) is 5.54 Å². The lowest BCUT2D eigenvalue weighted by Gasteiger charge is -2.19. The Morgan fingerprint density at radius 2 is 2.05 bits per heavy atom. The van der Waals surface area contributed by atoms with Crippen LogP contribution in [0.2, 0.25) is 0 Å². The van der Waals surface area contributed by atoms with Crippen molar-refractivity contribution in [2.75, 3.05) is 0 Å². The third-order valence-corrected chi connectivity index (χ3v) is 5.71. The van der Waals surface area contributed by atoms with Gasteiger partial charge in [-0.15, -0.1) is 11.3 Å². The van der Waals surface area contributed by atoms with Gasteiger partial charge in [0.05, 0.1) is 5.54 Å². The van der Waals surface area contributed by atoms with Crippen LogP contribution in [0.1, 0.15) is 30.7 Å². The Hall–Kier alpha value is -1.17. The number of fused-ring (bicyclic) bond motifs is 1. The van der Waals surface area contributed by atoms with Gasteiger partial charge in [0, 0.05) is 15.2 Å². The molecule has 0 atom stereocenters. The Bertz CT molecular complexity index is 802. The number of hydrogen-bond donors (Lipinski definition) is 1. The van der Waals surface area contributed by atoms with E-state index in [9.17, 15) is 0 Å². The van der Waals surface area contributed by atoms with Crippen molar-refractivity contribution in [2.45, 2.75) is 31.2 Å². The molecule has 0 saturated heterocycles. The van der Waals surface area contributed by atoms with Crippen LogP contribution >= 0.6 is 27.3 Å². The van der Waals surface area contributed by atoms with Crippen LogP contribution in [0.5, 0.6) is 0 Å². The first kappa shape index (κ1) is 13.5. The van der Waals surface area contributed by atoms with Gasteiger partial charge in [0.15, 0.2) is 5.76 Å². The molecule has 1 aliphatic carbocycles. The molecule has 3 aromatic rings. The van der Waals surface area contributed by atoms with E-state index in [0.29, 0.717) is 0 Å². The lowest BCUT2D eigenvalue weighted by atomic mass is 10.0. The monoisotopic (exact) mass is 362 g/mol. The maximum atomic E-state index is 6.48. The SMILES string of the molecule is NC1(c2nc(-c3cc4cc(Br)ccc4o3)cs2)CCCC1. The fraction of sp³-hybridized carbons (Fsp3) is 0.312. The van der Waals surface area contributed by atoms with E-state index in [-0.39, 0.29) is 5.54 Å². The smallest absolute Gasteiger partial charge is 0.154 e. The highest BCUT2D eigenvalue weighted by Gasteiger charge is 2.34. The molecule has 0 aliphatic heterocycles. The molecule has 1 saturated carbocycles. The van der Waals surface area contributed by atoms with Crippen LogP contribution in [0, 0.1) is 0 Å². The molecule has 1 aliphatic rings. The molecule has 0 radical (unpaired) electrons. The predicted molar refractivity (Wildman–Crippen MR) is 89.4 cm³/mol. The Morgan fingerprint density at radius 1 is 1.24 bits per heavy atom. The summed E-state index contributed by atoms with van der Waals surface area (Å²) in [4.78, 5) is 4.74. The lowest BCUT2D eigenvalue weighted by Crippen LogP contribution is -2.32. The van der Waals surface area contributed by atoms with Crippen molar-refractivity contribution >= 4 is 38.2 Å². The van der Waals surface area contributed by atoms with E-state index >= 15 is 0 Å². The highest BCUT2D eigenvalue weighted by atomic mass is 79.9. The highest BCUT2D eigenvalue weighted by Crippen LogP contribution is 2.39. The molecule has 0 spiro atoms. The van der Waals surface area contributed by atoms with Crippen molar-refractivity contribution in [3.05, 3.63) is 39.1 Å². The molecule has 0 amide bonds. The van der Waals surface area contributed by atoms with Crippen molar-refractivity contribution in [3.63, 3.8) is 0 Å². The van der Waals surface area contributed by atoms with Gasteiger partial charge in [-0.25, -0.2) is 4.98 Å². The summed E-state index contributed by atoms with van der Waals surface area (Å²) in [5, 5.41) is 4.17. The lowest BCUT2D eigenvalue weighted by molar-refractivity contribution is 0.459. The molecule has 4 rings (SSSR count). The zero-order valence-electron chi connectivity index (χ0n) is 11.4. The van der Waals surface area contributed by atoms with Crippen LogP contribution in [-0.4, -0.2) is 4.98 Å². The minimum Gasteiger partial charge on any atom is -0.454 e. The Morgan fingerprint density at radius 3 is 2.86 bits per heavy atom. The summed E-state index contributed by atoms with van der Waals surface area (Å²) in [6, 6.07) is 8.04. The van der Waals surface area contributed by atoms with E-state index in [1.165, 1.54) is 12.8 Å². The van der Waals surface area contributed by atoms with Gasteiger partial charge in [-0.05, 0) is 37.1 Å². The normalized spacial score (nSPS) is 17.6. The average Bonchev–Trinajstić information content (AvgIpc) is 3.15. The van der Waals surface area contributed by atoms with Crippen molar-refractivity contribution in [1.82, 2.24) is 4.98 Å². The first-order valence-electron chi connectivity index (χ1n) is 7.08. The van der Waals surface area contributed by atoms with E-state index in [2.05, 4.69) is 27.4 Å². The number of halogens is 1. The minimum absolute atomic E-state index is 0.224. The molecule has 21 heavy (non-hydrogen) atoms. The molecule has 2 heterocycles. The third-order valence-electron chi connectivity index (χ3n) is 4.16. The summed E-state index contributed by atoms with van der Waals surface area (Å²) in [6.45, 7) is 0. The second kappa shape index (κ2) is 4.93. The molecular weight excluding hydrogens is 348 g/mol. The molecule has 0 unspecified atom stereocenters. The Labute approximate surface area is 135 Å². The van der Waals surface area contributed by atoms with Gasteiger partial charge in [0.2, 0.25) is 0 Å². The molecule has 0 bridgehead atoms. The summed E-state index contributed by atoms with van der Waals surface area (Å²) in [7, 11) is 0. The van der Waals surface area contributed by atoms with Crippen LogP contribution in [0.4, 0.5) is 0 Å².